The van der Waals surface area contributed by atoms with Crippen molar-refractivity contribution in [3.05, 3.63) is 71.9 Å². The van der Waals surface area contributed by atoms with Crippen molar-refractivity contribution >= 4 is 23.1 Å². The molecule has 1 aliphatic rings. The van der Waals surface area contributed by atoms with Crippen molar-refractivity contribution in [3.8, 4) is 0 Å². The van der Waals surface area contributed by atoms with Crippen LogP contribution in [0.2, 0.25) is 0 Å². The summed E-state index contributed by atoms with van der Waals surface area (Å²) in [6.45, 7) is 0.530. The molecule has 5 nitrogen and oxygen atoms in total. The quantitative estimate of drug-likeness (QED) is 0.830. The minimum absolute atomic E-state index is 0.227. The third-order valence-electron chi connectivity index (χ3n) is 3.79. The minimum atomic E-state index is -0.334. The Balaban J connectivity index is 2.01. The Morgan fingerprint density at radius 3 is 2.17 bits per heavy atom. The molecule has 0 radical (unpaired) electrons. The summed E-state index contributed by atoms with van der Waals surface area (Å²) < 4.78 is 5.01. The Morgan fingerprint density at radius 1 is 0.917 bits per heavy atom. The first-order chi connectivity index (χ1) is 11.7. The van der Waals surface area contributed by atoms with E-state index in [1.807, 2.05) is 60.7 Å². The molecule has 0 fully saturated rings. The van der Waals surface area contributed by atoms with E-state index in [0.29, 0.717) is 23.4 Å². The monoisotopic (exact) mass is 322 g/mol. The van der Waals surface area contributed by atoms with E-state index >= 15 is 0 Å². The number of hydrogen-bond donors (Lipinski definition) is 1. The molecular weight excluding hydrogens is 304 g/mol. The van der Waals surface area contributed by atoms with Gasteiger partial charge in [-0.05, 0) is 17.7 Å². The molecule has 0 bridgehead atoms. The van der Waals surface area contributed by atoms with E-state index in [1.165, 1.54) is 4.90 Å². The molecule has 0 saturated carbocycles. The summed E-state index contributed by atoms with van der Waals surface area (Å²) in [6, 6.07) is 18.6. The highest BCUT2D eigenvalue weighted by Crippen LogP contribution is 2.30. The van der Waals surface area contributed by atoms with Crippen LogP contribution in [0.15, 0.2) is 66.4 Å². The highest BCUT2D eigenvalue weighted by Gasteiger charge is 2.38. The topological polar surface area (TPSA) is 58.6 Å². The number of amides is 2. The van der Waals surface area contributed by atoms with E-state index < -0.39 is 0 Å². The molecule has 0 aromatic heterocycles. The number of nitrogens with zero attached hydrogens (tertiary/aromatic N) is 1. The molecule has 2 amide bonds. The summed E-state index contributed by atoms with van der Waals surface area (Å²) in [4.78, 5) is 26.7. The van der Waals surface area contributed by atoms with E-state index in [4.69, 9.17) is 4.74 Å². The maximum atomic E-state index is 12.8. The SMILES string of the molecule is COCCN1C(=O)C(Nc2ccccc2)=C(c2ccccc2)C1=O. The zero-order valence-corrected chi connectivity index (χ0v) is 13.4. The Morgan fingerprint density at radius 2 is 1.54 bits per heavy atom. The van der Waals surface area contributed by atoms with E-state index in [-0.39, 0.29) is 18.4 Å². The molecule has 0 spiro atoms. The predicted octanol–water partition coefficient (Wildman–Crippen LogP) is 2.53. The first kappa shape index (κ1) is 16.0. The van der Waals surface area contributed by atoms with Crippen molar-refractivity contribution in [2.75, 3.05) is 25.6 Å². The zero-order valence-electron chi connectivity index (χ0n) is 13.4. The number of ether oxygens (including phenoxy) is 1. The van der Waals surface area contributed by atoms with Crippen LogP contribution in [0.4, 0.5) is 5.69 Å². The summed E-state index contributed by atoms with van der Waals surface area (Å²) in [6.07, 6.45) is 0. The maximum absolute atomic E-state index is 12.8. The lowest BCUT2D eigenvalue weighted by atomic mass is 10.0. The van der Waals surface area contributed by atoms with Crippen molar-refractivity contribution in [3.63, 3.8) is 0 Å². The number of para-hydroxylation sites is 1. The molecule has 122 valence electrons. The molecule has 2 aromatic rings. The Bertz CT molecular complexity index is 770. The van der Waals surface area contributed by atoms with Crippen LogP contribution in [-0.4, -0.2) is 37.0 Å². The lowest BCUT2D eigenvalue weighted by Gasteiger charge is -2.14. The number of carbonyl (C=O) groups excluding carboxylic acids is 2. The summed E-state index contributed by atoms with van der Waals surface area (Å²) in [5.41, 5.74) is 2.17. The molecule has 0 unspecified atom stereocenters. The van der Waals surface area contributed by atoms with Crippen molar-refractivity contribution < 1.29 is 14.3 Å². The lowest BCUT2D eigenvalue weighted by molar-refractivity contribution is -0.137. The Labute approximate surface area is 140 Å². The van der Waals surface area contributed by atoms with Crippen molar-refractivity contribution in [1.29, 1.82) is 0 Å². The number of anilines is 1. The van der Waals surface area contributed by atoms with Crippen LogP contribution in [0.5, 0.6) is 0 Å². The normalized spacial score (nSPS) is 14.5. The first-order valence-corrected chi connectivity index (χ1v) is 7.69. The molecule has 0 aliphatic carbocycles. The zero-order chi connectivity index (χ0) is 16.9. The first-order valence-electron chi connectivity index (χ1n) is 7.69. The molecule has 3 rings (SSSR count). The molecule has 1 heterocycles. The van der Waals surface area contributed by atoms with Gasteiger partial charge in [0.05, 0.1) is 18.7 Å². The predicted molar refractivity (Wildman–Crippen MR) is 92.0 cm³/mol. The number of rotatable bonds is 6. The standard InChI is InChI=1S/C19H18N2O3/c1-24-13-12-21-18(22)16(14-8-4-2-5-9-14)17(19(21)23)20-15-10-6-3-7-11-15/h2-11,20H,12-13H2,1H3. The van der Waals surface area contributed by atoms with Gasteiger partial charge in [-0.2, -0.15) is 0 Å². The molecular formula is C19H18N2O3. The van der Waals surface area contributed by atoms with Gasteiger partial charge in [-0.15, -0.1) is 0 Å². The number of carbonyl (C=O) groups is 2. The molecule has 1 aliphatic heterocycles. The number of nitrogens with one attached hydrogen (secondary N) is 1. The van der Waals surface area contributed by atoms with Crippen LogP contribution in [-0.2, 0) is 14.3 Å². The Kier molecular flexibility index (Phi) is 4.72. The van der Waals surface area contributed by atoms with Crippen LogP contribution in [0.25, 0.3) is 5.57 Å². The second-order valence-electron chi connectivity index (χ2n) is 5.36. The summed E-state index contributed by atoms with van der Waals surface area (Å²) in [5, 5.41) is 3.10. The van der Waals surface area contributed by atoms with Gasteiger partial charge in [-0.1, -0.05) is 48.5 Å². The number of benzene rings is 2. The van der Waals surface area contributed by atoms with Crippen LogP contribution < -0.4 is 5.32 Å². The van der Waals surface area contributed by atoms with Crippen molar-refractivity contribution in [2.24, 2.45) is 0 Å². The van der Waals surface area contributed by atoms with Crippen LogP contribution in [0.3, 0.4) is 0 Å². The van der Waals surface area contributed by atoms with Gasteiger partial charge in [-0.3, -0.25) is 14.5 Å². The van der Waals surface area contributed by atoms with Gasteiger partial charge in [-0.25, -0.2) is 0 Å². The molecule has 2 aromatic carbocycles. The van der Waals surface area contributed by atoms with Gasteiger partial charge in [0.2, 0.25) is 0 Å². The maximum Gasteiger partial charge on any atom is 0.278 e. The molecule has 0 saturated heterocycles. The highest BCUT2D eigenvalue weighted by molar-refractivity contribution is 6.36. The Hall–Kier alpha value is -2.92. The third-order valence-corrected chi connectivity index (χ3v) is 3.79. The average molecular weight is 322 g/mol. The number of hydrogen-bond acceptors (Lipinski definition) is 4. The number of imide groups is 1. The van der Waals surface area contributed by atoms with Gasteiger partial charge in [0.25, 0.3) is 11.8 Å². The summed E-state index contributed by atoms with van der Waals surface area (Å²) in [7, 11) is 1.54. The second-order valence-corrected chi connectivity index (χ2v) is 5.36. The van der Waals surface area contributed by atoms with E-state index in [2.05, 4.69) is 5.32 Å². The lowest BCUT2D eigenvalue weighted by Crippen LogP contribution is -2.35. The van der Waals surface area contributed by atoms with Gasteiger partial charge >= 0.3 is 0 Å². The summed E-state index contributed by atoms with van der Waals surface area (Å²) in [5.74, 6) is -0.638. The highest BCUT2D eigenvalue weighted by atomic mass is 16.5. The van der Waals surface area contributed by atoms with Gasteiger partial charge in [0.15, 0.2) is 0 Å². The number of methoxy groups -OCH3 is 1. The van der Waals surface area contributed by atoms with Gasteiger partial charge < -0.3 is 10.1 Å². The van der Waals surface area contributed by atoms with Crippen LogP contribution in [0.1, 0.15) is 5.56 Å². The molecule has 0 atom stereocenters. The van der Waals surface area contributed by atoms with Gasteiger partial charge in [0.1, 0.15) is 5.70 Å². The average Bonchev–Trinajstić information content (AvgIpc) is 2.85. The fraction of sp³-hybridized carbons (Fsp3) is 0.158. The molecule has 24 heavy (non-hydrogen) atoms. The van der Waals surface area contributed by atoms with Crippen LogP contribution >= 0.6 is 0 Å². The van der Waals surface area contributed by atoms with Gasteiger partial charge in [0, 0.05) is 12.8 Å². The van der Waals surface area contributed by atoms with Crippen LogP contribution in [0, 0.1) is 0 Å². The smallest absolute Gasteiger partial charge is 0.278 e. The fourth-order valence-corrected chi connectivity index (χ4v) is 2.62. The van der Waals surface area contributed by atoms with Crippen molar-refractivity contribution in [2.45, 2.75) is 0 Å². The minimum Gasteiger partial charge on any atom is -0.383 e. The third kappa shape index (κ3) is 3.07. The fourth-order valence-electron chi connectivity index (χ4n) is 2.62. The molecule has 1 N–H and O–H groups in total. The largest absolute Gasteiger partial charge is 0.383 e. The molecule has 5 heteroatoms. The van der Waals surface area contributed by atoms with E-state index in [9.17, 15) is 9.59 Å². The van der Waals surface area contributed by atoms with E-state index in [1.54, 1.807) is 7.11 Å². The van der Waals surface area contributed by atoms with E-state index in [0.717, 1.165) is 5.69 Å². The second kappa shape index (κ2) is 7.10. The van der Waals surface area contributed by atoms with Crippen molar-refractivity contribution in [1.82, 2.24) is 4.90 Å². The summed E-state index contributed by atoms with van der Waals surface area (Å²) >= 11 is 0.